The highest BCUT2D eigenvalue weighted by Gasteiger charge is 2.08. The monoisotopic (exact) mass is 333 g/mol. The van der Waals surface area contributed by atoms with Gasteiger partial charge < -0.3 is 19.5 Å². The molecular formula is C18H20FNO4. The van der Waals surface area contributed by atoms with Crippen LogP contribution in [0.1, 0.15) is 5.56 Å². The van der Waals surface area contributed by atoms with Crippen molar-refractivity contribution in [1.82, 2.24) is 5.32 Å². The fraction of sp³-hybridized carbons (Fsp3) is 0.278. The number of carbonyl (C=O) groups excluding carboxylic acids is 1. The number of halogens is 1. The Hall–Kier alpha value is -2.76. The number of hydrogen-bond acceptors (Lipinski definition) is 4. The maximum atomic E-state index is 12.8. The third kappa shape index (κ3) is 5.15. The second-order valence-corrected chi connectivity index (χ2v) is 5.02. The van der Waals surface area contributed by atoms with Gasteiger partial charge >= 0.3 is 0 Å². The van der Waals surface area contributed by atoms with Crippen LogP contribution in [-0.2, 0) is 11.2 Å². The van der Waals surface area contributed by atoms with Crippen molar-refractivity contribution in [3.05, 3.63) is 53.8 Å². The lowest BCUT2D eigenvalue weighted by Gasteiger charge is -2.10. The minimum absolute atomic E-state index is 0.120. The van der Waals surface area contributed by atoms with Crippen molar-refractivity contribution in [2.75, 3.05) is 27.4 Å². The van der Waals surface area contributed by atoms with Crippen molar-refractivity contribution in [1.29, 1.82) is 0 Å². The third-order valence-electron chi connectivity index (χ3n) is 3.32. The molecule has 0 saturated heterocycles. The summed E-state index contributed by atoms with van der Waals surface area (Å²) in [7, 11) is 3.11. The summed E-state index contributed by atoms with van der Waals surface area (Å²) >= 11 is 0. The number of carbonyl (C=O) groups is 1. The molecule has 0 saturated carbocycles. The molecule has 0 unspecified atom stereocenters. The third-order valence-corrected chi connectivity index (χ3v) is 3.32. The smallest absolute Gasteiger partial charge is 0.224 e. The van der Waals surface area contributed by atoms with Gasteiger partial charge in [-0.1, -0.05) is 6.07 Å². The van der Waals surface area contributed by atoms with E-state index in [0.717, 1.165) is 5.56 Å². The highest BCUT2D eigenvalue weighted by molar-refractivity contribution is 5.78. The molecule has 2 rings (SSSR count). The fourth-order valence-corrected chi connectivity index (χ4v) is 2.13. The highest BCUT2D eigenvalue weighted by Crippen LogP contribution is 2.27. The molecule has 1 N–H and O–H groups in total. The van der Waals surface area contributed by atoms with Gasteiger partial charge in [0.05, 0.1) is 27.2 Å². The molecule has 0 atom stereocenters. The van der Waals surface area contributed by atoms with Gasteiger partial charge in [-0.25, -0.2) is 4.39 Å². The predicted octanol–water partition coefficient (Wildman–Crippen LogP) is 2.58. The van der Waals surface area contributed by atoms with E-state index in [1.807, 2.05) is 6.07 Å². The molecule has 0 aliphatic carbocycles. The Labute approximate surface area is 140 Å². The van der Waals surface area contributed by atoms with Crippen LogP contribution in [0.5, 0.6) is 17.2 Å². The number of amides is 1. The molecule has 0 spiro atoms. The Bertz CT molecular complexity index is 673. The zero-order valence-corrected chi connectivity index (χ0v) is 13.7. The lowest BCUT2D eigenvalue weighted by Crippen LogP contribution is -2.29. The summed E-state index contributed by atoms with van der Waals surface area (Å²) in [6, 6.07) is 11.1. The first kappa shape index (κ1) is 17.6. The van der Waals surface area contributed by atoms with Gasteiger partial charge in [0.1, 0.15) is 18.2 Å². The van der Waals surface area contributed by atoms with Crippen LogP contribution in [0.15, 0.2) is 42.5 Å². The molecular weight excluding hydrogens is 313 g/mol. The van der Waals surface area contributed by atoms with E-state index in [1.165, 1.54) is 12.1 Å². The maximum Gasteiger partial charge on any atom is 0.224 e. The minimum atomic E-state index is -0.314. The highest BCUT2D eigenvalue weighted by atomic mass is 19.1. The largest absolute Gasteiger partial charge is 0.493 e. The van der Waals surface area contributed by atoms with Crippen molar-refractivity contribution in [3.8, 4) is 17.2 Å². The van der Waals surface area contributed by atoms with Crippen LogP contribution in [0.4, 0.5) is 4.39 Å². The summed E-state index contributed by atoms with van der Waals surface area (Å²) in [5, 5.41) is 2.77. The standard InChI is InChI=1S/C18H20FNO4/c1-22-16-8-3-13(11-17(16)23-2)12-18(21)20-9-10-24-15-6-4-14(19)5-7-15/h3-8,11H,9-10,12H2,1-2H3,(H,20,21). The van der Waals surface area contributed by atoms with Gasteiger partial charge in [-0.05, 0) is 42.0 Å². The molecule has 2 aromatic carbocycles. The van der Waals surface area contributed by atoms with E-state index in [2.05, 4.69) is 5.32 Å². The summed E-state index contributed by atoms with van der Waals surface area (Å²) in [4.78, 5) is 11.9. The molecule has 0 fully saturated rings. The van der Waals surface area contributed by atoms with E-state index in [4.69, 9.17) is 14.2 Å². The molecule has 1 amide bonds. The molecule has 0 aromatic heterocycles. The van der Waals surface area contributed by atoms with Gasteiger partial charge in [0.25, 0.3) is 0 Å². The number of rotatable bonds is 8. The summed E-state index contributed by atoms with van der Waals surface area (Å²) in [5.41, 5.74) is 0.824. The molecule has 6 heteroatoms. The van der Waals surface area contributed by atoms with Crippen molar-refractivity contribution in [3.63, 3.8) is 0 Å². The summed E-state index contributed by atoms with van der Waals surface area (Å²) in [6.45, 7) is 0.673. The van der Waals surface area contributed by atoms with Gasteiger partial charge in [0.2, 0.25) is 5.91 Å². The van der Waals surface area contributed by atoms with Crippen LogP contribution in [-0.4, -0.2) is 33.3 Å². The average molecular weight is 333 g/mol. The molecule has 0 aliphatic heterocycles. The topological polar surface area (TPSA) is 56.8 Å². The van der Waals surface area contributed by atoms with E-state index in [0.29, 0.717) is 30.4 Å². The number of nitrogens with one attached hydrogen (secondary N) is 1. The van der Waals surface area contributed by atoms with Crippen LogP contribution in [0.3, 0.4) is 0 Å². The second kappa shape index (κ2) is 8.76. The Kier molecular flexibility index (Phi) is 6.42. The van der Waals surface area contributed by atoms with E-state index in [9.17, 15) is 9.18 Å². The van der Waals surface area contributed by atoms with Gasteiger partial charge in [0, 0.05) is 0 Å². The zero-order chi connectivity index (χ0) is 17.4. The molecule has 0 radical (unpaired) electrons. The first-order valence-corrected chi connectivity index (χ1v) is 7.48. The van der Waals surface area contributed by atoms with Crippen LogP contribution in [0.25, 0.3) is 0 Å². The molecule has 5 nitrogen and oxygen atoms in total. The first-order chi connectivity index (χ1) is 11.6. The van der Waals surface area contributed by atoms with Crippen molar-refractivity contribution >= 4 is 5.91 Å². The Morgan fingerprint density at radius 2 is 1.75 bits per heavy atom. The maximum absolute atomic E-state index is 12.8. The van der Waals surface area contributed by atoms with E-state index < -0.39 is 0 Å². The Balaban J connectivity index is 1.76. The number of ether oxygens (including phenoxy) is 3. The molecule has 24 heavy (non-hydrogen) atoms. The van der Waals surface area contributed by atoms with Gasteiger partial charge in [-0.15, -0.1) is 0 Å². The van der Waals surface area contributed by atoms with Crippen LogP contribution < -0.4 is 19.5 Å². The van der Waals surface area contributed by atoms with Crippen LogP contribution in [0, 0.1) is 5.82 Å². The lowest BCUT2D eigenvalue weighted by molar-refractivity contribution is -0.120. The lowest BCUT2D eigenvalue weighted by atomic mass is 10.1. The second-order valence-electron chi connectivity index (χ2n) is 5.02. The van der Waals surface area contributed by atoms with Crippen LogP contribution in [0.2, 0.25) is 0 Å². The summed E-state index contributed by atoms with van der Waals surface area (Å²) < 4.78 is 28.5. The van der Waals surface area contributed by atoms with Gasteiger partial charge in [-0.3, -0.25) is 4.79 Å². The Morgan fingerprint density at radius 1 is 1.04 bits per heavy atom. The predicted molar refractivity (Wildman–Crippen MR) is 88.2 cm³/mol. The zero-order valence-electron chi connectivity index (χ0n) is 13.7. The normalized spacial score (nSPS) is 10.1. The van der Waals surface area contributed by atoms with E-state index in [-0.39, 0.29) is 18.1 Å². The summed E-state index contributed by atoms with van der Waals surface area (Å²) in [5.74, 6) is 1.33. The van der Waals surface area contributed by atoms with Crippen molar-refractivity contribution in [2.24, 2.45) is 0 Å². The summed E-state index contributed by atoms with van der Waals surface area (Å²) in [6.07, 6.45) is 0.233. The van der Waals surface area contributed by atoms with E-state index in [1.54, 1.807) is 38.5 Å². The number of hydrogen-bond donors (Lipinski definition) is 1. The average Bonchev–Trinajstić information content (AvgIpc) is 2.60. The van der Waals surface area contributed by atoms with E-state index >= 15 is 0 Å². The first-order valence-electron chi connectivity index (χ1n) is 7.48. The quantitative estimate of drug-likeness (QED) is 0.755. The van der Waals surface area contributed by atoms with Crippen molar-refractivity contribution < 1.29 is 23.4 Å². The fourth-order valence-electron chi connectivity index (χ4n) is 2.13. The Morgan fingerprint density at radius 3 is 2.42 bits per heavy atom. The SMILES string of the molecule is COc1ccc(CC(=O)NCCOc2ccc(F)cc2)cc1OC. The van der Waals surface area contributed by atoms with Crippen LogP contribution >= 0.6 is 0 Å². The van der Waals surface area contributed by atoms with Crippen molar-refractivity contribution in [2.45, 2.75) is 6.42 Å². The van der Waals surface area contributed by atoms with Gasteiger partial charge in [0.15, 0.2) is 11.5 Å². The minimum Gasteiger partial charge on any atom is -0.493 e. The molecule has 128 valence electrons. The van der Waals surface area contributed by atoms with Gasteiger partial charge in [-0.2, -0.15) is 0 Å². The molecule has 2 aromatic rings. The molecule has 0 bridgehead atoms. The number of benzene rings is 2. The number of methoxy groups -OCH3 is 2. The molecule has 0 heterocycles. The molecule has 0 aliphatic rings.